The van der Waals surface area contributed by atoms with Crippen molar-refractivity contribution in [3.05, 3.63) is 47.5 Å². The van der Waals surface area contributed by atoms with Crippen LogP contribution in [0.15, 0.2) is 36.4 Å². The molecule has 0 heterocycles. The lowest BCUT2D eigenvalue weighted by Crippen LogP contribution is -2.00. The predicted octanol–water partition coefficient (Wildman–Crippen LogP) is 2.45. The van der Waals surface area contributed by atoms with Crippen molar-refractivity contribution in [1.82, 2.24) is 0 Å². The molecule has 0 spiro atoms. The van der Waals surface area contributed by atoms with Crippen LogP contribution in [0.1, 0.15) is 22.8 Å². The smallest absolute Gasteiger partial charge is 0.384 e. The minimum Gasteiger partial charge on any atom is -0.478 e. The van der Waals surface area contributed by atoms with Gasteiger partial charge in [-0.05, 0) is 29.8 Å². The van der Waals surface area contributed by atoms with Crippen LogP contribution in [-0.4, -0.2) is 23.7 Å². The fourth-order valence-corrected chi connectivity index (χ4v) is 1.89. The zero-order valence-electron chi connectivity index (χ0n) is 10.8. The number of hydrogen-bond donors (Lipinski definition) is 1. The van der Waals surface area contributed by atoms with Crippen LogP contribution in [-0.2, 0) is 9.53 Å². The normalized spacial score (nSPS) is 9.65. The topological polar surface area (TPSA) is 63.6 Å². The van der Waals surface area contributed by atoms with Gasteiger partial charge in [-0.25, -0.2) is 9.59 Å². The highest BCUT2D eigenvalue weighted by molar-refractivity contribution is 6.05. The number of benzene rings is 2. The summed E-state index contributed by atoms with van der Waals surface area (Å²) < 4.78 is 4.73. The summed E-state index contributed by atoms with van der Waals surface area (Å²) >= 11 is 0. The number of esters is 1. The van der Waals surface area contributed by atoms with Crippen molar-refractivity contribution < 1.29 is 19.4 Å². The maximum Gasteiger partial charge on any atom is 0.384 e. The monoisotopic (exact) mass is 268 g/mol. The van der Waals surface area contributed by atoms with Crippen molar-refractivity contribution >= 4 is 22.7 Å². The summed E-state index contributed by atoms with van der Waals surface area (Å²) in [5.74, 6) is 3.51. The Morgan fingerprint density at radius 1 is 1.15 bits per heavy atom. The van der Waals surface area contributed by atoms with Crippen molar-refractivity contribution in [2.45, 2.75) is 6.92 Å². The molecule has 0 atom stereocenters. The highest BCUT2D eigenvalue weighted by atomic mass is 16.5. The van der Waals surface area contributed by atoms with Gasteiger partial charge in [-0.15, -0.1) is 0 Å². The lowest BCUT2D eigenvalue weighted by atomic mass is 10.0. The molecule has 0 aliphatic heterocycles. The number of carbonyl (C=O) groups is 2. The molecule has 0 fully saturated rings. The van der Waals surface area contributed by atoms with E-state index in [0.29, 0.717) is 16.3 Å². The van der Waals surface area contributed by atoms with E-state index in [9.17, 15) is 9.59 Å². The average molecular weight is 268 g/mol. The maximum atomic E-state index is 11.2. The molecule has 2 rings (SSSR count). The van der Waals surface area contributed by atoms with Gasteiger partial charge in [0, 0.05) is 11.5 Å². The van der Waals surface area contributed by atoms with E-state index in [2.05, 4.69) is 11.8 Å². The van der Waals surface area contributed by atoms with Gasteiger partial charge in [0.15, 0.2) is 0 Å². The van der Waals surface area contributed by atoms with Gasteiger partial charge in [0.1, 0.15) is 0 Å². The molecule has 0 amide bonds. The molecule has 2 aromatic rings. The summed E-state index contributed by atoms with van der Waals surface area (Å²) in [4.78, 5) is 22.4. The second-order valence-electron chi connectivity index (χ2n) is 3.98. The Hall–Kier alpha value is -2.80. The number of ether oxygens (including phenoxy) is 1. The van der Waals surface area contributed by atoms with Gasteiger partial charge in [-0.3, -0.25) is 0 Å². The lowest BCUT2D eigenvalue weighted by molar-refractivity contribution is -0.136. The second-order valence-corrected chi connectivity index (χ2v) is 3.98. The molecule has 0 radical (unpaired) electrons. The molecule has 0 unspecified atom stereocenters. The van der Waals surface area contributed by atoms with Gasteiger partial charge >= 0.3 is 11.9 Å². The molecule has 0 aliphatic rings. The molecule has 1 N–H and O–H groups in total. The first kappa shape index (κ1) is 13.6. The summed E-state index contributed by atoms with van der Waals surface area (Å²) in [5.41, 5.74) is 0.806. The summed E-state index contributed by atoms with van der Waals surface area (Å²) in [7, 11) is 0. The summed E-state index contributed by atoms with van der Waals surface area (Å²) in [6.07, 6.45) is 0. The SMILES string of the molecule is CCOC(=O)C#Cc1cccc2c(C(=O)O)cccc12. The maximum absolute atomic E-state index is 11.2. The van der Waals surface area contributed by atoms with E-state index in [-0.39, 0.29) is 12.2 Å². The molecular weight excluding hydrogens is 256 g/mol. The Balaban J connectivity index is 2.53. The van der Waals surface area contributed by atoms with E-state index < -0.39 is 11.9 Å². The van der Waals surface area contributed by atoms with Gasteiger partial charge in [0.2, 0.25) is 0 Å². The van der Waals surface area contributed by atoms with Crippen LogP contribution >= 0.6 is 0 Å². The first-order chi connectivity index (χ1) is 9.63. The highest BCUT2D eigenvalue weighted by Crippen LogP contribution is 2.22. The Morgan fingerprint density at radius 3 is 2.55 bits per heavy atom. The number of aromatic carboxylic acids is 1. The molecule has 0 saturated carbocycles. The number of hydrogen-bond acceptors (Lipinski definition) is 3. The lowest BCUT2D eigenvalue weighted by Gasteiger charge is -2.04. The summed E-state index contributed by atoms with van der Waals surface area (Å²) in [5, 5.41) is 10.4. The number of rotatable bonds is 2. The van der Waals surface area contributed by atoms with Crippen LogP contribution in [0.3, 0.4) is 0 Å². The van der Waals surface area contributed by atoms with E-state index in [1.54, 1.807) is 37.3 Å². The van der Waals surface area contributed by atoms with Crippen molar-refractivity contribution in [2.75, 3.05) is 6.61 Å². The number of carboxylic acid groups (broad SMARTS) is 1. The Labute approximate surface area is 116 Å². The highest BCUT2D eigenvalue weighted by Gasteiger charge is 2.09. The summed E-state index contributed by atoms with van der Waals surface area (Å²) in [6.45, 7) is 1.98. The van der Waals surface area contributed by atoms with Gasteiger partial charge < -0.3 is 9.84 Å². The first-order valence-corrected chi connectivity index (χ1v) is 6.07. The standard InChI is InChI=1S/C16H12O4/c1-2-20-15(17)10-9-11-5-3-7-13-12(11)6-4-8-14(13)16(18)19/h3-8H,2H2,1H3,(H,18,19). The third-order valence-electron chi connectivity index (χ3n) is 2.73. The zero-order valence-corrected chi connectivity index (χ0v) is 10.8. The minimum atomic E-state index is -0.994. The fraction of sp³-hybridized carbons (Fsp3) is 0.125. The molecule has 2 aromatic carbocycles. The van der Waals surface area contributed by atoms with Crippen molar-refractivity contribution in [3.63, 3.8) is 0 Å². The van der Waals surface area contributed by atoms with Crippen molar-refractivity contribution in [3.8, 4) is 11.8 Å². The van der Waals surface area contributed by atoms with Crippen LogP contribution in [0.2, 0.25) is 0 Å². The van der Waals surface area contributed by atoms with Crippen LogP contribution in [0, 0.1) is 11.8 Å². The van der Waals surface area contributed by atoms with Gasteiger partial charge in [0.05, 0.1) is 12.2 Å². The first-order valence-electron chi connectivity index (χ1n) is 6.07. The molecule has 20 heavy (non-hydrogen) atoms. The molecule has 0 aliphatic carbocycles. The summed E-state index contributed by atoms with van der Waals surface area (Å²) in [6, 6.07) is 10.1. The molecule has 0 aromatic heterocycles. The number of carbonyl (C=O) groups excluding carboxylic acids is 1. The Bertz CT molecular complexity index is 735. The minimum absolute atomic E-state index is 0.210. The zero-order chi connectivity index (χ0) is 14.5. The quantitative estimate of drug-likeness (QED) is 0.671. The third-order valence-corrected chi connectivity index (χ3v) is 2.73. The van der Waals surface area contributed by atoms with Gasteiger partial charge in [-0.2, -0.15) is 0 Å². The van der Waals surface area contributed by atoms with E-state index in [4.69, 9.17) is 9.84 Å². The van der Waals surface area contributed by atoms with Crippen LogP contribution in [0.5, 0.6) is 0 Å². The third kappa shape index (κ3) is 2.78. The van der Waals surface area contributed by atoms with E-state index in [0.717, 1.165) is 0 Å². The molecular formula is C16H12O4. The Morgan fingerprint density at radius 2 is 1.85 bits per heavy atom. The average Bonchev–Trinajstić information content (AvgIpc) is 2.44. The predicted molar refractivity (Wildman–Crippen MR) is 74.4 cm³/mol. The largest absolute Gasteiger partial charge is 0.478 e. The fourth-order valence-electron chi connectivity index (χ4n) is 1.89. The van der Waals surface area contributed by atoms with Crippen LogP contribution < -0.4 is 0 Å². The van der Waals surface area contributed by atoms with E-state index in [1.165, 1.54) is 6.07 Å². The van der Waals surface area contributed by atoms with Crippen molar-refractivity contribution in [1.29, 1.82) is 0 Å². The van der Waals surface area contributed by atoms with E-state index in [1.807, 2.05) is 0 Å². The molecule has 0 saturated heterocycles. The molecule has 4 nitrogen and oxygen atoms in total. The van der Waals surface area contributed by atoms with Crippen LogP contribution in [0.4, 0.5) is 0 Å². The Kier molecular flexibility index (Phi) is 4.02. The number of fused-ring (bicyclic) bond motifs is 1. The van der Waals surface area contributed by atoms with Gasteiger partial charge in [-0.1, -0.05) is 30.2 Å². The van der Waals surface area contributed by atoms with Crippen molar-refractivity contribution in [2.24, 2.45) is 0 Å². The molecule has 4 heteroatoms. The molecule has 100 valence electrons. The molecule has 0 bridgehead atoms. The van der Waals surface area contributed by atoms with E-state index >= 15 is 0 Å². The second kappa shape index (κ2) is 5.89. The van der Waals surface area contributed by atoms with Crippen LogP contribution in [0.25, 0.3) is 10.8 Å². The van der Waals surface area contributed by atoms with Gasteiger partial charge in [0.25, 0.3) is 0 Å². The number of carboxylic acids is 1.